The molecule has 2 heterocycles. The first-order chi connectivity index (χ1) is 23.4. The van der Waals surface area contributed by atoms with E-state index in [1.54, 1.807) is 25.9 Å². The Kier molecular flexibility index (Phi) is 11.9. The van der Waals surface area contributed by atoms with Gasteiger partial charge in [0.15, 0.2) is 0 Å². The Bertz CT molecular complexity index is 1670. The van der Waals surface area contributed by atoms with Gasteiger partial charge >= 0.3 is 6.18 Å². The van der Waals surface area contributed by atoms with Crippen molar-refractivity contribution in [3.8, 4) is 17.6 Å². The van der Waals surface area contributed by atoms with Crippen LogP contribution in [0.2, 0.25) is 0 Å². The SMILES string of the molecule is COc1cc2nc(C)nc(N[C@H](C)c3cc(N)cc(C(F)(F)F)c3)c2cc1C1CCC(C(=O)N(C)CCOCC#CC2CCNCC2)CC1. The van der Waals surface area contributed by atoms with Gasteiger partial charge in [-0.15, -0.1) is 0 Å². The molecule has 1 aromatic heterocycles. The van der Waals surface area contributed by atoms with E-state index in [4.69, 9.17) is 15.2 Å². The number of amides is 1. The van der Waals surface area contributed by atoms with Gasteiger partial charge in [0.05, 0.1) is 30.8 Å². The van der Waals surface area contributed by atoms with Crippen molar-refractivity contribution in [1.82, 2.24) is 20.2 Å². The molecule has 2 aromatic carbocycles. The number of hydrogen-bond acceptors (Lipinski definition) is 8. The largest absolute Gasteiger partial charge is 0.496 e. The predicted molar refractivity (Wildman–Crippen MR) is 185 cm³/mol. The zero-order valence-corrected chi connectivity index (χ0v) is 28.8. The van der Waals surface area contributed by atoms with Crippen molar-refractivity contribution in [2.24, 2.45) is 11.8 Å². The number of rotatable bonds is 10. The summed E-state index contributed by atoms with van der Waals surface area (Å²) in [4.78, 5) is 24.3. The van der Waals surface area contributed by atoms with Crippen molar-refractivity contribution in [3.05, 3.63) is 52.8 Å². The average molecular weight is 681 g/mol. The van der Waals surface area contributed by atoms with Crippen LogP contribution in [0.4, 0.5) is 24.7 Å². The van der Waals surface area contributed by atoms with Gasteiger partial charge in [0.1, 0.15) is 24.0 Å². The number of likely N-dealkylation sites (N-methyl/N-ethyl adjacent to an activating group) is 1. The van der Waals surface area contributed by atoms with E-state index in [0.717, 1.165) is 74.7 Å². The molecule has 1 saturated carbocycles. The van der Waals surface area contributed by atoms with Crippen LogP contribution in [0.15, 0.2) is 30.3 Å². The molecule has 0 radical (unpaired) electrons. The summed E-state index contributed by atoms with van der Waals surface area (Å²) in [5.74, 6) is 8.83. The fourth-order valence-corrected chi connectivity index (χ4v) is 6.82. The van der Waals surface area contributed by atoms with Gasteiger partial charge < -0.3 is 30.7 Å². The zero-order valence-electron chi connectivity index (χ0n) is 28.8. The van der Waals surface area contributed by atoms with Crippen LogP contribution in [0, 0.1) is 30.6 Å². The minimum atomic E-state index is -4.51. The standard InChI is InChI=1S/C37H47F3N6O3/c1-23(28-18-29(37(38,39)40)20-30(41)19-28)43-35-32-21-31(34(48-4)22-33(32)44-24(2)45-35)26-7-9-27(10-8-26)36(47)46(3)15-17-49-16-5-6-25-11-13-42-14-12-25/h18-23,25-27,42H,7-17,41H2,1-4H3,(H,43,44,45)/t23-,26?,27?/m1/s1. The zero-order chi connectivity index (χ0) is 35.1. The van der Waals surface area contributed by atoms with Crippen molar-refractivity contribution in [1.29, 1.82) is 0 Å². The summed E-state index contributed by atoms with van der Waals surface area (Å²) >= 11 is 0. The fourth-order valence-electron chi connectivity index (χ4n) is 6.82. The number of methoxy groups -OCH3 is 1. The number of benzene rings is 2. The van der Waals surface area contributed by atoms with Crippen LogP contribution in [0.25, 0.3) is 10.9 Å². The highest BCUT2D eigenvalue weighted by atomic mass is 19.4. The van der Waals surface area contributed by atoms with Gasteiger partial charge in [-0.2, -0.15) is 13.2 Å². The quantitative estimate of drug-likeness (QED) is 0.127. The van der Waals surface area contributed by atoms with Crippen molar-refractivity contribution >= 4 is 28.3 Å². The molecule has 264 valence electrons. The molecule has 0 spiro atoms. The number of anilines is 2. The first kappa shape index (κ1) is 36.2. The summed E-state index contributed by atoms with van der Waals surface area (Å²) in [6, 6.07) is 6.96. The monoisotopic (exact) mass is 680 g/mol. The van der Waals surface area contributed by atoms with E-state index < -0.39 is 17.8 Å². The van der Waals surface area contributed by atoms with Crippen LogP contribution >= 0.6 is 0 Å². The smallest absolute Gasteiger partial charge is 0.416 e. The van der Waals surface area contributed by atoms with Crippen molar-refractivity contribution in [2.75, 3.05) is 58.1 Å². The second-order valence-corrected chi connectivity index (χ2v) is 13.2. The molecule has 2 fully saturated rings. The number of aromatic nitrogens is 2. The number of nitrogens with two attached hydrogens (primary N) is 1. The number of nitrogen functional groups attached to an aromatic ring is 1. The minimum Gasteiger partial charge on any atom is -0.496 e. The Morgan fingerprint density at radius 3 is 2.53 bits per heavy atom. The maximum absolute atomic E-state index is 13.5. The molecule has 49 heavy (non-hydrogen) atoms. The number of ether oxygens (including phenoxy) is 2. The maximum Gasteiger partial charge on any atom is 0.416 e. The number of piperidine rings is 1. The highest BCUT2D eigenvalue weighted by Gasteiger charge is 2.32. The van der Waals surface area contributed by atoms with Gasteiger partial charge in [-0.1, -0.05) is 11.8 Å². The summed E-state index contributed by atoms with van der Waals surface area (Å²) in [6.07, 6.45) is 0.766. The number of alkyl halides is 3. The summed E-state index contributed by atoms with van der Waals surface area (Å²) < 4.78 is 52.0. The van der Waals surface area contributed by atoms with E-state index in [-0.39, 0.29) is 23.4 Å². The fraction of sp³-hybridized carbons (Fsp3) is 0.541. The molecule has 1 saturated heterocycles. The second kappa shape index (κ2) is 16.1. The maximum atomic E-state index is 13.5. The molecule has 5 rings (SSSR count). The van der Waals surface area contributed by atoms with Gasteiger partial charge in [-0.05, 0) is 107 Å². The van der Waals surface area contributed by atoms with E-state index in [2.05, 4.69) is 32.4 Å². The lowest BCUT2D eigenvalue weighted by Gasteiger charge is -2.31. The molecule has 1 amide bonds. The number of carbonyl (C=O) groups excluding carboxylic acids is 1. The van der Waals surface area contributed by atoms with Crippen LogP contribution in [-0.4, -0.2) is 67.8 Å². The van der Waals surface area contributed by atoms with E-state index in [1.807, 2.05) is 19.2 Å². The Balaban J connectivity index is 1.22. The van der Waals surface area contributed by atoms with E-state index in [0.29, 0.717) is 54.1 Å². The second-order valence-electron chi connectivity index (χ2n) is 13.2. The number of fused-ring (bicyclic) bond motifs is 1. The first-order valence-electron chi connectivity index (χ1n) is 17.0. The molecule has 0 bridgehead atoms. The van der Waals surface area contributed by atoms with E-state index in [1.165, 1.54) is 6.07 Å². The van der Waals surface area contributed by atoms with Crippen LogP contribution in [0.3, 0.4) is 0 Å². The third-order valence-corrected chi connectivity index (χ3v) is 9.60. The Labute approximate surface area is 286 Å². The lowest BCUT2D eigenvalue weighted by Crippen LogP contribution is -2.36. The van der Waals surface area contributed by atoms with Crippen LogP contribution in [-0.2, 0) is 15.7 Å². The lowest BCUT2D eigenvalue weighted by molar-refractivity contribution is -0.137. The number of nitrogens with zero attached hydrogens (tertiary/aromatic N) is 3. The Hall–Kier alpha value is -4.08. The molecular formula is C37H47F3N6O3. The normalized spacial score (nSPS) is 19.2. The summed E-state index contributed by atoms with van der Waals surface area (Å²) in [5.41, 5.74) is 7.14. The molecule has 1 aliphatic carbocycles. The highest BCUT2D eigenvalue weighted by Crippen LogP contribution is 2.42. The summed E-state index contributed by atoms with van der Waals surface area (Å²) in [7, 11) is 3.46. The number of nitrogens with one attached hydrogen (secondary N) is 2. The highest BCUT2D eigenvalue weighted by molar-refractivity contribution is 5.91. The molecular weight excluding hydrogens is 633 g/mol. The van der Waals surface area contributed by atoms with Crippen molar-refractivity contribution < 1.29 is 27.4 Å². The van der Waals surface area contributed by atoms with Crippen LogP contribution < -0.4 is 21.1 Å². The molecule has 0 unspecified atom stereocenters. The van der Waals surface area contributed by atoms with Crippen LogP contribution in [0.5, 0.6) is 5.75 Å². The molecule has 1 aliphatic heterocycles. The third-order valence-electron chi connectivity index (χ3n) is 9.60. The molecule has 1 atom stereocenters. The average Bonchev–Trinajstić information content (AvgIpc) is 3.08. The summed E-state index contributed by atoms with van der Waals surface area (Å²) in [5, 5.41) is 7.39. The van der Waals surface area contributed by atoms with Crippen molar-refractivity contribution in [3.63, 3.8) is 0 Å². The number of carbonyl (C=O) groups is 1. The topological polar surface area (TPSA) is 115 Å². The van der Waals surface area contributed by atoms with Gasteiger partial charge in [0, 0.05) is 42.6 Å². The lowest BCUT2D eigenvalue weighted by atomic mass is 9.77. The molecule has 4 N–H and O–H groups in total. The van der Waals surface area contributed by atoms with Gasteiger partial charge in [0.25, 0.3) is 0 Å². The number of halogens is 3. The van der Waals surface area contributed by atoms with Gasteiger partial charge in [-0.25, -0.2) is 9.97 Å². The molecule has 2 aliphatic rings. The Morgan fingerprint density at radius 2 is 1.84 bits per heavy atom. The third kappa shape index (κ3) is 9.34. The number of aryl methyl sites for hydroxylation is 1. The van der Waals surface area contributed by atoms with Crippen molar-refractivity contribution in [2.45, 2.75) is 70.5 Å². The minimum absolute atomic E-state index is 0.0380. The first-order valence-corrected chi connectivity index (χ1v) is 17.0. The summed E-state index contributed by atoms with van der Waals surface area (Å²) in [6.45, 7) is 6.92. The number of hydrogen-bond donors (Lipinski definition) is 3. The van der Waals surface area contributed by atoms with Crippen LogP contribution in [0.1, 0.15) is 79.9 Å². The van der Waals surface area contributed by atoms with E-state index in [9.17, 15) is 18.0 Å². The molecule has 12 heteroatoms. The van der Waals surface area contributed by atoms with Gasteiger partial charge in [0.2, 0.25) is 5.91 Å². The molecule has 9 nitrogen and oxygen atoms in total. The Morgan fingerprint density at radius 1 is 1.10 bits per heavy atom. The predicted octanol–water partition coefficient (Wildman–Crippen LogP) is 6.47. The molecule has 3 aromatic rings. The van der Waals surface area contributed by atoms with E-state index >= 15 is 0 Å². The van der Waals surface area contributed by atoms with Gasteiger partial charge in [-0.3, -0.25) is 4.79 Å².